The van der Waals surface area contributed by atoms with E-state index >= 15 is 0 Å². The summed E-state index contributed by atoms with van der Waals surface area (Å²) in [6.45, 7) is 0. The fourth-order valence-electron chi connectivity index (χ4n) is 1.58. The average molecular weight is 431 g/mol. The molecule has 2 aromatic carbocycles. The number of anilines is 1. The van der Waals surface area contributed by atoms with Crippen LogP contribution in [0.25, 0.3) is 0 Å². The molecule has 0 unspecified atom stereocenters. The van der Waals surface area contributed by atoms with Gasteiger partial charge in [-0.1, -0.05) is 39.3 Å². The van der Waals surface area contributed by atoms with E-state index in [9.17, 15) is 4.79 Å². The Kier molecular flexibility index (Phi) is 6.86. The molecule has 5 N–H and O–H groups in total. The highest BCUT2D eigenvalue weighted by molar-refractivity contribution is 9.10. The van der Waals surface area contributed by atoms with Crippen molar-refractivity contribution in [1.29, 1.82) is 0 Å². The minimum atomic E-state index is -0.401. The molecular formula is C15H13BrClN3OS2. The molecule has 2 rings (SSSR count). The lowest BCUT2D eigenvalue weighted by Gasteiger charge is -2.10. The van der Waals surface area contributed by atoms with Crippen molar-refractivity contribution in [1.82, 2.24) is 0 Å². The van der Waals surface area contributed by atoms with Crippen LogP contribution in [-0.4, -0.2) is 5.91 Å². The Hall–Kier alpha value is -1.12. The van der Waals surface area contributed by atoms with Gasteiger partial charge in [0.1, 0.15) is 5.70 Å². The summed E-state index contributed by atoms with van der Waals surface area (Å²) in [7, 11) is 0. The molecule has 0 fully saturated rings. The third kappa shape index (κ3) is 5.47. The zero-order chi connectivity index (χ0) is 16.8. The second-order valence-electron chi connectivity index (χ2n) is 4.34. The first-order valence-electron chi connectivity index (χ1n) is 6.36. The summed E-state index contributed by atoms with van der Waals surface area (Å²) in [5, 5.41) is 9.02. The molecule has 0 heterocycles. The number of halogens is 2. The molecule has 0 radical (unpaired) electrons. The van der Waals surface area contributed by atoms with E-state index < -0.39 is 5.91 Å². The Balaban J connectivity index is 2.13. The average Bonchev–Trinajstić information content (AvgIpc) is 2.55. The van der Waals surface area contributed by atoms with Crippen molar-refractivity contribution in [3.8, 4) is 0 Å². The summed E-state index contributed by atoms with van der Waals surface area (Å²) in [5.74, 6) is -0.401. The maximum absolute atomic E-state index is 12.2. The molecule has 0 saturated carbocycles. The van der Waals surface area contributed by atoms with Gasteiger partial charge in [-0.15, -0.1) is 0 Å². The van der Waals surface area contributed by atoms with Gasteiger partial charge in [0.15, 0.2) is 0 Å². The van der Waals surface area contributed by atoms with Gasteiger partial charge in [-0.2, -0.15) is 0 Å². The second-order valence-corrected chi connectivity index (χ2v) is 7.67. The van der Waals surface area contributed by atoms with Gasteiger partial charge in [0.2, 0.25) is 0 Å². The van der Waals surface area contributed by atoms with Crippen LogP contribution in [0.1, 0.15) is 0 Å². The maximum atomic E-state index is 12.2. The number of hydrogen-bond donors (Lipinski definition) is 3. The smallest absolute Gasteiger partial charge is 0.273 e. The van der Waals surface area contributed by atoms with Crippen LogP contribution in [0.5, 0.6) is 0 Å². The Labute approximate surface area is 156 Å². The first kappa shape index (κ1) is 18.2. The van der Waals surface area contributed by atoms with Gasteiger partial charge in [-0.05, 0) is 60.5 Å². The quantitative estimate of drug-likeness (QED) is 0.368. The predicted molar refractivity (Wildman–Crippen MR) is 103 cm³/mol. The van der Waals surface area contributed by atoms with Gasteiger partial charge >= 0.3 is 0 Å². The highest BCUT2D eigenvalue weighted by Gasteiger charge is 2.14. The van der Waals surface area contributed by atoms with E-state index in [0.29, 0.717) is 14.9 Å². The van der Waals surface area contributed by atoms with Crippen LogP contribution in [0.15, 0.2) is 67.8 Å². The number of thioether (sulfide) groups is 1. The zero-order valence-corrected chi connectivity index (χ0v) is 15.7. The molecular weight excluding hydrogens is 418 g/mol. The molecule has 0 aromatic heterocycles. The zero-order valence-electron chi connectivity index (χ0n) is 11.8. The summed E-state index contributed by atoms with van der Waals surface area (Å²) < 4.78 is 1.44. The number of rotatable bonds is 5. The maximum Gasteiger partial charge on any atom is 0.273 e. The second kappa shape index (κ2) is 8.65. The molecule has 2 aromatic rings. The van der Waals surface area contributed by atoms with Gasteiger partial charge in [-0.3, -0.25) is 9.93 Å². The van der Waals surface area contributed by atoms with E-state index in [-0.39, 0.29) is 5.70 Å². The third-order valence-electron chi connectivity index (χ3n) is 2.70. The van der Waals surface area contributed by atoms with Crippen LogP contribution in [0.3, 0.4) is 0 Å². The van der Waals surface area contributed by atoms with Crippen LogP contribution >= 0.6 is 51.2 Å². The lowest BCUT2D eigenvalue weighted by atomic mass is 10.3. The van der Waals surface area contributed by atoms with E-state index in [0.717, 1.165) is 21.3 Å². The molecule has 0 bridgehead atoms. The van der Waals surface area contributed by atoms with E-state index in [1.165, 1.54) is 11.8 Å². The Bertz CT molecular complexity index is 721. The number of amides is 1. The van der Waals surface area contributed by atoms with Gasteiger partial charge in [0.05, 0.1) is 4.24 Å². The normalized spacial score (nSPS) is 11.8. The largest absolute Gasteiger partial charge is 0.393 e. The molecule has 0 atom stereocenters. The number of hydrogen-bond acceptors (Lipinski definition) is 5. The first-order chi connectivity index (χ1) is 11.0. The van der Waals surface area contributed by atoms with E-state index in [2.05, 4.69) is 21.2 Å². The monoisotopic (exact) mass is 429 g/mol. The predicted octanol–water partition coefficient (Wildman–Crippen LogP) is 4.57. The van der Waals surface area contributed by atoms with Crippen molar-refractivity contribution in [3.05, 3.63) is 68.0 Å². The van der Waals surface area contributed by atoms with E-state index in [1.807, 2.05) is 24.3 Å². The van der Waals surface area contributed by atoms with Gasteiger partial charge in [-0.25, -0.2) is 0 Å². The summed E-state index contributed by atoms with van der Waals surface area (Å²) in [5.41, 5.74) is 6.66. The topological polar surface area (TPSA) is 81.1 Å². The SMILES string of the molecule is NS/C(Sc1ccc(Cl)cc1)=C(\N)C(=O)Nc1ccc(Br)cc1. The number of carbonyl (C=O) groups is 1. The van der Waals surface area contributed by atoms with Gasteiger partial charge in [0, 0.05) is 20.1 Å². The van der Waals surface area contributed by atoms with E-state index in [1.54, 1.807) is 24.3 Å². The van der Waals surface area contributed by atoms with Crippen molar-refractivity contribution < 1.29 is 4.79 Å². The van der Waals surface area contributed by atoms with Crippen molar-refractivity contribution in [3.63, 3.8) is 0 Å². The highest BCUT2D eigenvalue weighted by atomic mass is 79.9. The molecule has 4 nitrogen and oxygen atoms in total. The molecule has 0 aliphatic rings. The van der Waals surface area contributed by atoms with Crippen LogP contribution in [0, 0.1) is 0 Å². The lowest BCUT2D eigenvalue weighted by Crippen LogP contribution is -2.21. The fraction of sp³-hybridized carbons (Fsp3) is 0. The highest BCUT2D eigenvalue weighted by Crippen LogP contribution is 2.34. The van der Waals surface area contributed by atoms with Crippen LogP contribution in [0.4, 0.5) is 5.69 Å². The van der Waals surface area contributed by atoms with E-state index in [4.69, 9.17) is 22.5 Å². The molecule has 0 saturated heterocycles. The molecule has 0 aliphatic carbocycles. The number of nitrogens with one attached hydrogen (secondary N) is 1. The van der Waals surface area contributed by atoms with Crippen molar-refractivity contribution >= 4 is 62.8 Å². The standard InChI is InChI=1S/C15H13BrClN3OS2/c16-9-1-5-11(6-2-9)20-14(21)13(18)15(23-19)22-12-7-3-10(17)4-8-12/h1-8H,18-19H2,(H,20,21)/b15-13-. The van der Waals surface area contributed by atoms with Gasteiger partial charge < -0.3 is 11.1 Å². The van der Waals surface area contributed by atoms with Crippen molar-refractivity contribution in [2.45, 2.75) is 4.90 Å². The molecule has 1 amide bonds. The van der Waals surface area contributed by atoms with Crippen LogP contribution < -0.4 is 16.2 Å². The minimum Gasteiger partial charge on any atom is -0.393 e. The molecule has 8 heteroatoms. The Morgan fingerprint density at radius 3 is 2.26 bits per heavy atom. The third-order valence-corrected chi connectivity index (χ3v) is 5.36. The molecule has 0 aliphatic heterocycles. The number of carbonyl (C=O) groups excluding carboxylic acids is 1. The molecule has 23 heavy (non-hydrogen) atoms. The number of nitrogens with two attached hydrogens (primary N) is 2. The molecule has 0 spiro atoms. The van der Waals surface area contributed by atoms with Crippen LogP contribution in [-0.2, 0) is 4.79 Å². The fourth-order valence-corrected chi connectivity index (χ4v) is 3.36. The number of benzene rings is 2. The molecule has 120 valence electrons. The van der Waals surface area contributed by atoms with Crippen LogP contribution in [0.2, 0.25) is 5.02 Å². The van der Waals surface area contributed by atoms with Crippen molar-refractivity contribution in [2.75, 3.05) is 5.32 Å². The lowest BCUT2D eigenvalue weighted by molar-refractivity contribution is -0.112. The van der Waals surface area contributed by atoms with Gasteiger partial charge in [0.25, 0.3) is 5.91 Å². The summed E-state index contributed by atoms with van der Waals surface area (Å²) in [4.78, 5) is 13.1. The summed E-state index contributed by atoms with van der Waals surface area (Å²) >= 11 is 11.4. The van der Waals surface area contributed by atoms with Crippen molar-refractivity contribution in [2.24, 2.45) is 10.9 Å². The minimum absolute atomic E-state index is 0.0698. The first-order valence-corrected chi connectivity index (χ1v) is 9.23. The Morgan fingerprint density at radius 1 is 1.09 bits per heavy atom. The summed E-state index contributed by atoms with van der Waals surface area (Å²) in [6.07, 6.45) is 0. The Morgan fingerprint density at radius 2 is 1.70 bits per heavy atom. The summed E-state index contributed by atoms with van der Waals surface area (Å²) in [6, 6.07) is 14.4.